The minimum Gasteiger partial charge on any atom is -0.316 e. The summed E-state index contributed by atoms with van der Waals surface area (Å²) < 4.78 is 0. The van der Waals surface area contributed by atoms with Gasteiger partial charge in [-0.05, 0) is 19.6 Å². The number of thiazole rings is 1. The van der Waals surface area contributed by atoms with Gasteiger partial charge in [0.05, 0.1) is 11.2 Å². The van der Waals surface area contributed by atoms with Crippen molar-refractivity contribution < 1.29 is 0 Å². The second-order valence-corrected chi connectivity index (χ2v) is 4.78. The molecule has 0 bridgehead atoms. The van der Waals surface area contributed by atoms with E-state index in [1.165, 1.54) is 16.3 Å². The van der Waals surface area contributed by atoms with Crippen molar-refractivity contribution in [3.8, 4) is 0 Å². The predicted octanol–water partition coefficient (Wildman–Crippen LogP) is 1.95. The van der Waals surface area contributed by atoms with Crippen molar-refractivity contribution in [2.24, 2.45) is 0 Å². The second-order valence-electron chi connectivity index (χ2n) is 2.85. The maximum atomic E-state index is 4.22. The Bertz CT molecular complexity index is 235. The average molecular weight is 216 g/mol. The molecule has 0 spiro atoms. The van der Waals surface area contributed by atoms with Crippen LogP contribution in [0.2, 0.25) is 0 Å². The van der Waals surface area contributed by atoms with Crippen LogP contribution in [0.5, 0.6) is 0 Å². The standard InChI is InChI=1S/C9H16N2S2/c1-8-9(13-7-11-8)3-4-10-5-6-12-2/h7,10H,3-6H2,1-2H3. The van der Waals surface area contributed by atoms with Gasteiger partial charge in [0.15, 0.2) is 0 Å². The van der Waals surface area contributed by atoms with E-state index in [2.05, 4.69) is 23.5 Å². The van der Waals surface area contributed by atoms with Gasteiger partial charge in [-0.1, -0.05) is 0 Å². The van der Waals surface area contributed by atoms with Crippen molar-refractivity contribution in [2.45, 2.75) is 13.3 Å². The molecule has 13 heavy (non-hydrogen) atoms. The van der Waals surface area contributed by atoms with Gasteiger partial charge in [-0.25, -0.2) is 4.98 Å². The molecule has 0 aliphatic rings. The number of nitrogens with one attached hydrogen (secondary N) is 1. The minimum atomic E-state index is 1.07. The van der Waals surface area contributed by atoms with Gasteiger partial charge in [-0.15, -0.1) is 11.3 Å². The number of thioether (sulfide) groups is 1. The average Bonchev–Trinajstić information content (AvgIpc) is 2.52. The van der Waals surface area contributed by atoms with Crippen LogP contribution in [0, 0.1) is 6.92 Å². The second kappa shape index (κ2) is 6.40. The Morgan fingerprint density at radius 1 is 1.54 bits per heavy atom. The van der Waals surface area contributed by atoms with E-state index in [0.29, 0.717) is 0 Å². The summed E-state index contributed by atoms with van der Waals surface area (Å²) in [4.78, 5) is 5.63. The number of hydrogen-bond donors (Lipinski definition) is 1. The summed E-state index contributed by atoms with van der Waals surface area (Å²) in [6.45, 7) is 4.26. The van der Waals surface area contributed by atoms with Crippen LogP contribution in [0.4, 0.5) is 0 Å². The smallest absolute Gasteiger partial charge is 0.0797 e. The van der Waals surface area contributed by atoms with E-state index < -0.39 is 0 Å². The molecule has 2 nitrogen and oxygen atoms in total. The van der Waals surface area contributed by atoms with Crippen molar-refractivity contribution in [3.63, 3.8) is 0 Å². The van der Waals surface area contributed by atoms with E-state index in [9.17, 15) is 0 Å². The quantitative estimate of drug-likeness (QED) is 0.736. The van der Waals surface area contributed by atoms with Crippen LogP contribution in [0.3, 0.4) is 0 Å². The monoisotopic (exact) mass is 216 g/mol. The van der Waals surface area contributed by atoms with Gasteiger partial charge in [-0.2, -0.15) is 11.8 Å². The highest BCUT2D eigenvalue weighted by molar-refractivity contribution is 7.98. The lowest BCUT2D eigenvalue weighted by molar-refractivity contribution is 0.723. The lowest BCUT2D eigenvalue weighted by Crippen LogP contribution is -2.19. The number of aromatic nitrogens is 1. The fourth-order valence-electron chi connectivity index (χ4n) is 1.07. The van der Waals surface area contributed by atoms with Gasteiger partial charge in [-0.3, -0.25) is 0 Å². The molecule has 0 aliphatic heterocycles. The highest BCUT2D eigenvalue weighted by atomic mass is 32.2. The maximum absolute atomic E-state index is 4.22. The summed E-state index contributed by atoms with van der Waals surface area (Å²) in [6, 6.07) is 0. The Morgan fingerprint density at radius 2 is 2.38 bits per heavy atom. The van der Waals surface area contributed by atoms with E-state index in [1.807, 2.05) is 17.3 Å². The molecule has 1 aromatic rings. The number of rotatable bonds is 6. The van der Waals surface area contributed by atoms with E-state index in [0.717, 1.165) is 19.5 Å². The third-order valence-corrected chi connectivity index (χ3v) is 3.46. The molecule has 4 heteroatoms. The van der Waals surface area contributed by atoms with Gasteiger partial charge < -0.3 is 5.32 Å². The number of aryl methyl sites for hydroxylation is 1. The van der Waals surface area contributed by atoms with E-state index in [1.54, 1.807) is 11.3 Å². The molecule has 74 valence electrons. The van der Waals surface area contributed by atoms with Gasteiger partial charge in [0, 0.05) is 23.7 Å². The molecule has 0 unspecified atom stereocenters. The maximum Gasteiger partial charge on any atom is 0.0797 e. The zero-order valence-corrected chi connectivity index (χ0v) is 9.80. The van der Waals surface area contributed by atoms with Crippen molar-refractivity contribution in [1.82, 2.24) is 10.3 Å². The third kappa shape index (κ3) is 4.11. The SMILES string of the molecule is CSCCNCCc1scnc1C. The Balaban J connectivity index is 2.10. The fourth-order valence-corrected chi connectivity index (χ4v) is 2.20. The summed E-state index contributed by atoms with van der Waals surface area (Å²) in [5.41, 5.74) is 3.11. The van der Waals surface area contributed by atoms with E-state index in [4.69, 9.17) is 0 Å². The molecular weight excluding hydrogens is 200 g/mol. The summed E-state index contributed by atoms with van der Waals surface area (Å²) >= 11 is 3.64. The minimum absolute atomic E-state index is 1.07. The van der Waals surface area contributed by atoms with Gasteiger partial charge in [0.1, 0.15) is 0 Å². The summed E-state index contributed by atoms with van der Waals surface area (Å²) in [5.74, 6) is 1.20. The van der Waals surface area contributed by atoms with Gasteiger partial charge >= 0.3 is 0 Å². The Morgan fingerprint density at radius 3 is 3.00 bits per heavy atom. The van der Waals surface area contributed by atoms with Gasteiger partial charge in [0.2, 0.25) is 0 Å². The molecule has 0 aromatic carbocycles. The molecule has 0 saturated heterocycles. The summed E-state index contributed by atoms with van der Waals surface area (Å²) in [7, 11) is 0. The lowest BCUT2D eigenvalue weighted by Gasteiger charge is -2.01. The first-order chi connectivity index (χ1) is 6.34. The highest BCUT2D eigenvalue weighted by Crippen LogP contribution is 2.11. The van der Waals surface area contributed by atoms with Crippen molar-refractivity contribution in [1.29, 1.82) is 0 Å². The Labute approximate surface area is 88.2 Å². The van der Waals surface area contributed by atoms with Gasteiger partial charge in [0.25, 0.3) is 0 Å². The highest BCUT2D eigenvalue weighted by Gasteiger charge is 1.99. The molecule has 1 aromatic heterocycles. The van der Waals surface area contributed by atoms with Crippen LogP contribution in [-0.2, 0) is 6.42 Å². The summed E-state index contributed by atoms with van der Waals surface area (Å²) in [6.07, 6.45) is 3.25. The van der Waals surface area contributed by atoms with Crippen LogP contribution < -0.4 is 5.32 Å². The molecule has 0 aliphatic carbocycles. The molecule has 0 amide bonds. The van der Waals surface area contributed by atoms with Crippen LogP contribution >= 0.6 is 23.1 Å². The van der Waals surface area contributed by atoms with Crippen LogP contribution in [0.25, 0.3) is 0 Å². The number of nitrogens with zero attached hydrogens (tertiary/aromatic N) is 1. The first-order valence-corrected chi connectivity index (χ1v) is 6.70. The third-order valence-electron chi connectivity index (χ3n) is 1.86. The van der Waals surface area contributed by atoms with E-state index >= 15 is 0 Å². The molecule has 0 atom stereocenters. The molecule has 1 rings (SSSR count). The molecular formula is C9H16N2S2. The topological polar surface area (TPSA) is 24.9 Å². The first-order valence-electron chi connectivity index (χ1n) is 4.43. The molecule has 1 heterocycles. The fraction of sp³-hybridized carbons (Fsp3) is 0.667. The van der Waals surface area contributed by atoms with Crippen LogP contribution in [0.15, 0.2) is 5.51 Å². The molecule has 0 radical (unpaired) electrons. The normalized spacial score (nSPS) is 10.6. The zero-order chi connectivity index (χ0) is 9.52. The largest absolute Gasteiger partial charge is 0.316 e. The van der Waals surface area contributed by atoms with Crippen LogP contribution in [0.1, 0.15) is 10.6 Å². The van der Waals surface area contributed by atoms with Crippen LogP contribution in [-0.4, -0.2) is 30.1 Å². The Hall–Kier alpha value is -0.0600. The lowest BCUT2D eigenvalue weighted by atomic mass is 10.3. The molecule has 1 N–H and O–H groups in total. The predicted molar refractivity (Wildman–Crippen MR) is 61.8 cm³/mol. The number of hydrogen-bond acceptors (Lipinski definition) is 4. The molecule has 0 saturated carbocycles. The summed E-state index contributed by atoms with van der Waals surface area (Å²) in [5, 5.41) is 3.41. The zero-order valence-electron chi connectivity index (χ0n) is 8.17. The van der Waals surface area contributed by atoms with Crippen molar-refractivity contribution >= 4 is 23.1 Å². The van der Waals surface area contributed by atoms with Crippen molar-refractivity contribution in [2.75, 3.05) is 25.1 Å². The van der Waals surface area contributed by atoms with Crippen molar-refractivity contribution in [3.05, 3.63) is 16.1 Å². The Kier molecular flexibility index (Phi) is 5.43. The molecule has 0 fully saturated rings. The first kappa shape index (κ1) is 11.0. The van der Waals surface area contributed by atoms with E-state index in [-0.39, 0.29) is 0 Å².